The van der Waals surface area contributed by atoms with Gasteiger partial charge in [-0.15, -0.1) is 0 Å². The van der Waals surface area contributed by atoms with E-state index in [9.17, 15) is 4.79 Å². The number of carbonyl (C=O) groups excluding carboxylic acids is 1. The van der Waals surface area contributed by atoms with Gasteiger partial charge in [0.2, 0.25) is 5.91 Å². The molecule has 3 aromatic rings. The number of aryl methyl sites for hydroxylation is 3. The molecule has 2 atom stereocenters. The Balaban J connectivity index is 1.66. The Hall–Kier alpha value is -2.86. The first kappa shape index (κ1) is 19.5. The van der Waals surface area contributed by atoms with Crippen LogP contribution in [-0.4, -0.2) is 22.9 Å². The highest BCUT2D eigenvalue weighted by Gasteiger charge is 2.36. The summed E-state index contributed by atoms with van der Waals surface area (Å²) in [6.45, 7) is 6.12. The van der Waals surface area contributed by atoms with E-state index in [2.05, 4.69) is 47.5 Å². The number of nitrogens with zero attached hydrogens (tertiary/aromatic N) is 1. The molecule has 5 nitrogen and oxygen atoms in total. The second-order valence-electron chi connectivity index (χ2n) is 7.37. The largest absolute Gasteiger partial charge is 0.497 e. The molecule has 4 rings (SSSR count). The number of aromatic nitrogens is 1. The zero-order valence-corrected chi connectivity index (χ0v) is 17.8. The number of anilines is 1. The molecule has 0 radical (unpaired) electrons. The number of amides is 1. The first-order valence-electron chi connectivity index (χ1n) is 9.60. The third kappa shape index (κ3) is 3.85. The topological polar surface area (TPSA) is 55.3 Å². The van der Waals surface area contributed by atoms with Gasteiger partial charge in [-0.3, -0.25) is 9.47 Å². The Morgan fingerprint density at radius 2 is 1.83 bits per heavy atom. The number of methoxy groups -OCH3 is 1. The van der Waals surface area contributed by atoms with Crippen LogP contribution in [0.2, 0.25) is 0 Å². The van der Waals surface area contributed by atoms with E-state index >= 15 is 0 Å². The maximum atomic E-state index is 13.3. The van der Waals surface area contributed by atoms with Gasteiger partial charge in [-0.1, -0.05) is 41.6 Å². The SMILES string of the molecule is COc1ccc([C@H]2Nn3c(C)ccc3S[C@@H]2C(=O)Nc2ccc(C)cc2C)cc1. The number of fused-ring (bicyclic) bond motifs is 1. The molecule has 1 aliphatic heterocycles. The van der Waals surface area contributed by atoms with Gasteiger partial charge >= 0.3 is 0 Å². The lowest BCUT2D eigenvalue weighted by Crippen LogP contribution is -2.41. The van der Waals surface area contributed by atoms with Gasteiger partial charge in [0.25, 0.3) is 0 Å². The predicted molar refractivity (Wildman–Crippen MR) is 118 cm³/mol. The van der Waals surface area contributed by atoms with Crippen molar-refractivity contribution in [1.82, 2.24) is 4.68 Å². The van der Waals surface area contributed by atoms with Crippen LogP contribution in [-0.2, 0) is 4.79 Å². The molecular formula is C23H25N3O2S. The number of carbonyl (C=O) groups is 1. The fourth-order valence-electron chi connectivity index (χ4n) is 3.60. The average Bonchev–Trinajstić information content (AvgIpc) is 3.09. The Morgan fingerprint density at radius 3 is 2.52 bits per heavy atom. The van der Waals surface area contributed by atoms with Gasteiger partial charge in [-0.2, -0.15) is 0 Å². The summed E-state index contributed by atoms with van der Waals surface area (Å²) in [6.07, 6.45) is 0. The average molecular weight is 408 g/mol. The highest BCUT2D eigenvalue weighted by Crippen LogP contribution is 2.39. The molecule has 0 saturated heterocycles. The third-order valence-corrected chi connectivity index (χ3v) is 6.53. The van der Waals surface area contributed by atoms with Crippen molar-refractivity contribution >= 4 is 23.4 Å². The zero-order valence-electron chi connectivity index (χ0n) is 17.0. The van der Waals surface area contributed by atoms with Crippen molar-refractivity contribution in [3.8, 4) is 5.75 Å². The maximum absolute atomic E-state index is 13.3. The molecule has 0 aliphatic carbocycles. The standard InChI is InChI=1S/C23H25N3O2S/c1-14-5-11-19(15(2)13-14)24-23(27)22-21(17-7-9-18(28-4)10-8-17)25-26-16(3)6-12-20(26)29-22/h5-13,21-22,25H,1-4H3,(H,24,27)/t21-,22+/m1/s1. The van der Waals surface area contributed by atoms with Gasteiger partial charge < -0.3 is 15.5 Å². The quantitative estimate of drug-likeness (QED) is 0.651. The molecular weight excluding hydrogens is 382 g/mol. The molecule has 2 N–H and O–H groups in total. The number of ether oxygens (including phenoxy) is 1. The van der Waals surface area contributed by atoms with Crippen LogP contribution in [0.1, 0.15) is 28.4 Å². The third-order valence-electron chi connectivity index (χ3n) is 5.23. The molecule has 1 aromatic heterocycles. The Morgan fingerprint density at radius 1 is 1.07 bits per heavy atom. The minimum atomic E-state index is -0.314. The summed E-state index contributed by atoms with van der Waals surface area (Å²) < 4.78 is 7.34. The molecule has 1 aliphatic rings. The lowest BCUT2D eigenvalue weighted by Gasteiger charge is -2.34. The van der Waals surface area contributed by atoms with Crippen LogP contribution < -0.4 is 15.5 Å². The van der Waals surface area contributed by atoms with Crippen molar-refractivity contribution in [2.45, 2.75) is 37.1 Å². The molecule has 0 saturated carbocycles. The maximum Gasteiger partial charge on any atom is 0.240 e. The predicted octanol–water partition coefficient (Wildman–Crippen LogP) is 4.82. The van der Waals surface area contributed by atoms with E-state index < -0.39 is 0 Å². The minimum Gasteiger partial charge on any atom is -0.497 e. The van der Waals surface area contributed by atoms with E-state index in [1.807, 2.05) is 43.3 Å². The van der Waals surface area contributed by atoms with Gasteiger partial charge in [0.15, 0.2) is 0 Å². The van der Waals surface area contributed by atoms with Crippen LogP contribution in [0.5, 0.6) is 5.75 Å². The molecule has 0 spiro atoms. The van der Waals surface area contributed by atoms with E-state index in [0.29, 0.717) is 0 Å². The van der Waals surface area contributed by atoms with Crippen molar-refractivity contribution in [1.29, 1.82) is 0 Å². The lowest BCUT2D eigenvalue weighted by molar-refractivity contribution is -0.116. The van der Waals surface area contributed by atoms with Crippen molar-refractivity contribution in [2.75, 3.05) is 17.9 Å². The Bertz CT molecular complexity index is 1040. The molecule has 150 valence electrons. The van der Waals surface area contributed by atoms with Gasteiger partial charge in [0.05, 0.1) is 18.2 Å². The summed E-state index contributed by atoms with van der Waals surface area (Å²) in [5, 5.41) is 3.85. The van der Waals surface area contributed by atoms with Crippen LogP contribution in [0.3, 0.4) is 0 Å². The highest BCUT2D eigenvalue weighted by molar-refractivity contribution is 8.00. The summed E-state index contributed by atoms with van der Waals surface area (Å²) >= 11 is 1.58. The number of nitrogens with one attached hydrogen (secondary N) is 2. The summed E-state index contributed by atoms with van der Waals surface area (Å²) in [6, 6.07) is 17.9. The van der Waals surface area contributed by atoms with E-state index in [0.717, 1.165) is 33.3 Å². The number of thioether (sulfide) groups is 1. The van der Waals surface area contributed by atoms with Crippen molar-refractivity contribution in [3.05, 3.63) is 77.0 Å². The fourth-order valence-corrected chi connectivity index (χ4v) is 4.83. The van der Waals surface area contributed by atoms with Gasteiger partial charge in [-0.05, 0) is 62.2 Å². The van der Waals surface area contributed by atoms with Gasteiger partial charge in [0.1, 0.15) is 11.0 Å². The summed E-state index contributed by atoms with van der Waals surface area (Å²) in [5.74, 6) is 0.784. The monoisotopic (exact) mass is 407 g/mol. The number of benzene rings is 2. The minimum absolute atomic E-state index is 0.0135. The zero-order chi connectivity index (χ0) is 20.5. The van der Waals surface area contributed by atoms with Crippen molar-refractivity contribution < 1.29 is 9.53 Å². The first-order chi connectivity index (χ1) is 14.0. The van der Waals surface area contributed by atoms with Crippen LogP contribution >= 0.6 is 11.8 Å². The van der Waals surface area contributed by atoms with Crippen molar-refractivity contribution in [3.63, 3.8) is 0 Å². The normalized spacial score (nSPS) is 17.9. The van der Waals surface area contributed by atoms with Crippen LogP contribution in [0.4, 0.5) is 5.69 Å². The smallest absolute Gasteiger partial charge is 0.240 e. The van der Waals surface area contributed by atoms with Gasteiger partial charge in [-0.25, -0.2) is 0 Å². The molecule has 0 bridgehead atoms. The van der Waals surface area contributed by atoms with Crippen LogP contribution in [0, 0.1) is 20.8 Å². The molecule has 0 unspecified atom stereocenters. The molecule has 29 heavy (non-hydrogen) atoms. The first-order valence-corrected chi connectivity index (χ1v) is 10.5. The highest BCUT2D eigenvalue weighted by atomic mass is 32.2. The summed E-state index contributed by atoms with van der Waals surface area (Å²) in [7, 11) is 1.65. The van der Waals surface area contributed by atoms with E-state index in [-0.39, 0.29) is 17.2 Å². The Labute approximate surface area is 175 Å². The lowest BCUT2D eigenvalue weighted by atomic mass is 10.0. The van der Waals surface area contributed by atoms with E-state index in [1.54, 1.807) is 18.9 Å². The van der Waals surface area contributed by atoms with E-state index in [1.165, 1.54) is 5.56 Å². The second kappa shape index (κ2) is 7.87. The summed E-state index contributed by atoms with van der Waals surface area (Å²) in [4.78, 5) is 13.3. The summed E-state index contributed by atoms with van der Waals surface area (Å²) in [5.41, 5.74) is 8.78. The number of rotatable bonds is 4. The second-order valence-corrected chi connectivity index (χ2v) is 8.54. The molecule has 1 amide bonds. The van der Waals surface area contributed by atoms with Crippen LogP contribution in [0.15, 0.2) is 59.6 Å². The number of hydrogen-bond donors (Lipinski definition) is 2. The van der Waals surface area contributed by atoms with Gasteiger partial charge in [0, 0.05) is 11.4 Å². The molecule has 2 heterocycles. The Kier molecular flexibility index (Phi) is 5.28. The molecule has 6 heteroatoms. The van der Waals surface area contributed by atoms with Crippen LogP contribution in [0.25, 0.3) is 0 Å². The van der Waals surface area contributed by atoms with Crippen molar-refractivity contribution in [2.24, 2.45) is 0 Å². The number of hydrogen-bond acceptors (Lipinski definition) is 4. The fraction of sp³-hybridized carbons (Fsp3) is 0.261. The molecule has 2 aromatic carbocycles. The molecule has 0 fully saturated rings. The van der Waals surface area contributed by atoms with E-state index in [4.69, 9.17) is 4.74 Å².